The van der Waals surface area contributed by atoms with Gasteiger partial charge in [-0.05, 0) is 10.9 Å². The van der Waals surface area contributed by atoms with Crippen LogP contribution in [-0.4, -0.2) is 11.3 Å². The van der Waals surface area contributed by atoms with E-state index in [0.717, 1.165) is 5.56 Å². The van der Waals surface area contributed by atoms with Gasteiger partial charge < -0.3 is 5.73 Å². The predicted molar refractivity (Wildman–Crippen MR) is 52.0 cm³/mol. The van der Waals surface area contributed by atoms with E-state index in [0.29, 0.717) is 0 Å². The van der Waals surface area contributed by atoms with Gasteiger partial charge in [-0.25, -0.2) is 0 Å². The van der Waals surface area contributed by atoms with Gasteiger partial charge in [-0.15, -0.1) is 0 Å². The second kappa shape index (κ2) is 3.97. The highest BCUT2D eigenvalue weighted by Crippen LogP contribution is 2.12. The van der Waals surface area contributed by atoms with Gasteiger partial charge in [0.15, 0.2) is 0 Å². The molecule has 0 aliphatic heterocycles. The maximum atomic E-state index is 10.9. The molecule has 0 heterocycles. The van der Waals surface area contributed by atoms with E-state index in [2.05, 4.69) is 0 Å². The van der Waals surface area contributed by atoms with Crippen LogP contribution in [0.2, 0.25) is 0 Å². The molecule has 0 radical (unpaired) electrons. The van der Waals surface area contributed by atoms with Crippen LogP contribution in [-0.2, 0) is 4.79 Å². The zero-order chi connectivity index (χ0) is 8.97. The van der Waals surface area contributed by atoms with Crippen LogP contribution >= 0.6 is 12.2 Å². The number of carbonyl (C=O) groups excluding carboxylic acids is 1. The lowest BCUT2D eigenvalue weighted by atomic mass is 10.0. The lowest BCUT2D eigenvalue weighted by Gasteiger charge is -2.05. The fourth-order valence-electron chi connectivity index (χ4n) is 0.970. The SMILES string of the molecule is NC(=O)C(C=S)c1ccccc1. The highest BCUT2D eigenvalue weighted by molar-refractivity contribution is 7.79. The zero-order valence-corrected chi connectivity index (χ0v) is 7.25. The minimum absolute atomic E-state index is 0.406. The van der Waals surface area contributed by atoms with Crippen molar-refractivity contribution in [1.82, 2.24) is 0 Å². The molecule has 1 aromatic rings. The van der Waals surface area contributed by atoms with E-state index in [4.69, 9.17) is 18.0 Å². The third-order valence-electron chi connectivity index (χ3n) is 1.60. The fraction of sp³-hybridized carbons (Fsp3) is 0.111. The van der Waals surface area contributed by atoms with Crippen molar-refractivity contribution in [1.29, 1.82) is 0 Å². The topological polar surface area (TPSA) is 43.1 Å². The first-order valence-electron chi connectivity index (χ1n) is 3.55. The van der Waals surface area contributed by atoms with Crippen molar-refractivity contribution >= 4 is 23.5 Å². The van der Waals surface area contributed by atoms with E-state index >= 15 is 0 Å². The number of amides is 1. The lowest BCUT2D eigenvalue weighted by molar-refractivity contribution is -0.117. The molecule has 0 saturated carbocycles. The molecular formula is C9H9NOS. The van der Waals surface area contributed by atoms with E-state index in [1.54, 1.807) is 0 Å². The monoisotopic (exact) mass is 179 g/mol. The zero-order valence-electron chi connectivity index (χ0n) is 6.44. The number of primary amides is 1. The Bertz CT molecular complexity index is 284. The summed E-state index contributed by atoms with van der Waals surface area (Å²) in [5.41, 5.74) is 5.99. The summed E-state index contributed by atoms with van der Waals surface area (Å²) in [6, 6.07) is 9.25. The molecule has 1 aromatic carbocycles. The molecule has 2 N–H and O–H groups in total. The Kier molecular flexibility index (Phi) is 2.94. The van der Waals surface area contributed by atoms with Crippen LogP contribution in [0, 0.1) is 0 Å². The van der Waals surface area contributed by atoms with Gasteiger partial charge in [-0.1, -0.05) is 42.5 Å². The molecule has 1 amide bonds. The molecular weight excluding hydrogens is 170 g/mol. The minimum Gasteiger partial charge on any atom is -0.369 e. The summed E-state index contributed by atoms with van der Waals surface area (Å²) >= 11 is 4.71. The Morgan fingerprint density at radius 2 is 2.00 bits per heavy atom. The van der Waals surface area contributed by atoms with Gasteiger partial charge in [-0.2, -0.15) is 0 Å². The van der Waals surface area contributed by atoms with Crippen LogP contribution in [0.25, 0.3) is 0 Å². The Morgan fingerprint density at radius 1 is 1.42 bits per heavy atom. The fourth-order valence-corrected chi connectivity index (χ4v) is 1.26. The van der Waals surface area contributed by atoms with Gasteiger partial charge in [0.2, 0.25) is 5.91 Å². The van der Waals surface area contributed by atoms with Crippen molar-refractivity contribution < 1.29 is 4.79 Å². The van der Waals surface area contributed by atoms with Crippen LogP contribution < -0.4 is 5.73 Å². The largest absolute Gasteiger partial charge is 0.369 e. The first-order chi connectivity index (χ1) is 5.75. The number of thiocarbonyl (C=S) groups is 1. The Labute approximate surface area is 76.4 Å². The van der Waals surface area contributed by atoms with Crippen molar-refractivity contribution in [3.8, 4) is 0 Å². The van der Waals surface area contributed by atoms with Crippen molar-refractivity contribution in [2.75, 3.05) is 0 Å². The summed E-state index contributed by atoms with van der Waals surface area (Å²) in [7, 11) is 0. The second-order valence-electron chi connectivity index (χ2n) is 2.43. The molecule has 0 fully saturated rings. The maximum Gasteiger partial charge on any atom is 0.229 e. The molecule has 0 bridgehead atoms. The average Bonchev–Trinajstić information content (AvgIpc) is 2.07. The molecule has 3 heteroatoms. The number of benzene rings is 1. The first kappa shape index (κ1) is 8.87. The van der Waals surface area contributed by atoms with Crippen LogP contribution in [0.4, 0.5) is 0 Å². The third-order valence-corrected chi connectivity index (χ3v) is 1.87. The predicted octanol–water partition coefficient (Wildman–Crippen LogP) is 1.26. The molecule has 1 atom stereocenters. The van der Waals surface area contributed by atoms with Crippen LogP contribution in [0.5, 0.6) is 0 Å². The molecule has 2 nitrogen and oxygen atoms in total. The highest BCUT2D eigenvalue weighted by Gasteiger charge is 2.12. The number of hydrogen-bond donors (Lipinski definition) is 1. The van der Waals surface area contributed by atoms with Crippen molar-refractivity contribution in [3.63, 3.8) is 0 Å². The molecule has 0 spiro atoms. The van der Waals surface area contributed by atoms with E-state index in [9.17, 15) is 4.79 Å². The minimum atomic E-state index is -0.443. The van der Waals surface area contributed by atoms with Crippen LogP contribution in [0.1, 0.15) is 11.5 Å². The van der Waals surface area contributed by atoms with Crippen molar-refractivity contribution in [2.45, 2.75) is 5.92 Å². The van der Waals surface area contributed by atoms with Crippen molar-refractivity contribution in [2.24, 2.45) is 5.73 Å². The molecule has 0 aliphatic carbocycles. The third kappa shape index (κ3) is 1.89. The molecule has 12 heavy (non-hydrogen) atoms. The quantitative estimate of drug-likeness (QED) is 0.710. The molecule has 0 saturated heterocycles. The summed E-state index contributed by atoms with van der Waals surface area (Å²) in [5.74, 6) is -0.850. The molecule has 0 aromatic heterocycles. The summed E-state index contributed by atoms with van der Waals surface area (Å²) in [4.78, 5) is 10.9. The normalized spacial score (nSPS) is 12.0. The number of nitrogens with two attached hydrogens (primary N) is 1. The molecule has 1 rings (SSSR count). The standard InChI is InChI=1S/C9H9NOS/c10-9(11)8(6-12)7-4-2-1-3-5-7/h1-6,8H,(H2,10,11). The Hall–Kier alpha value is -1.22. The smallest absolute Gasteiger partial charge is 0.229 e. The highest BCUT2D eigenvalue weighted by atomic mass is 32.1. The van der Waals surface area contributed by atoms with Crippen LogP contribution in [0.15, 0.2) is 30.3 Å². The number of rotatable bonds is 3. The van der Waals surface area contributed by atoms with Gasteiger partial charge >= 0.3 is 0 Å². The number of carbonyl (C=O) groups is 1. The molecule has 1 unspecified atom stereocenters. The first-order valence-corrected chi connectivity index (χ1v) is 4.02. The lowest BCUT2D eigenvalue weighted by Crippen LogP contribution is -2.21. The Morgan fingerprint density at radius 3 is 2.42 bits per heavy atom. The summed E-state index contributed by atoms with van der Waals surface area (Å²) in [6.07, 6.45) is 0. The van der Waals surface area contributed by atoms with Gasteiger partial charge in [0.05, 0.1) is 5.92 Å². The van der Waals surface area contributed by atoms with Gasteiger partial charge in [0.1, 0.15) is 0 Å². The maximum absolute atomic E-state index is 10.9. The molecule has 0 aliphatic rings. The van der Waals surface area contributed by atoms with Crippen LogP contribution in [0.3, 0.4) is 0 Å². The van der Waals surface area contributed by atoms with Crippen molar-refractivity contribution in [3.05, 3.63) is 35.9 Å². The van der Waals surface area contributed by atoms with E-state index in [1.165, 1.54) is 5.37 Å². The van der Waals surface area contributed by atoms with E-state index < -0.39 is 11.8 Å². The van der Waals surface area contributed by atoms with E-state index in [-0.39, 0.29) is 0 Å². The van der Waals surface area contributed by atoms with E-state index in [1.807, 2.05) is 30.3 Å². The molecule has 62 valence electrons. The van der Waals surface area contributed by atoms with Gasteiger partial charge in [0, 0.05) is 0 Å². The second-order valence-corrected chi connectivity index (χ2v) is 2.70. The summed E-state index contributed by atoms with van der Waals surface area (Å²) < 4.78 is 0. The average molecular weight is 179 g/mol. The number of hydrogen-bond acceptors (Lipinski definition) is 2. The van der Waals surface area contributed by atoms with Gasteiger partial charge in [0.25, 0.3) is 0 Å². The van der Waals surface area contributed by atoms with Gasteiger partial charge in [-0.3, -0.25) is 4.79 Å². The summed E-state index contributed by atoms with van der Waals surface area (Å²) in [6.45, 7) is 0. The summed E-state index contributed by atoms with van der Waals surface area (Å²) in [5, 5.41) is 1.39. The Balaban J connectivity index is 2.95.